The lowest BCUT2D eigenvalue weighted by Crippen LogP contribution is -2.30. The standard InChI is InChI=1S/C21H27N3OS/c1-25-20-11-5-17(6-12-20)13-14-22-21(26)23-18-7-9-19(10-8-18)24-15-3-2-4-16-24/h5-12H,2-4,13-16H2,1H3,(H2,22,23,26). The molecule has 4 nitrogen and oxygen atoms in total. The van der Waals surface area contributed by atoms with E-state index in [1.54, 1.807) is 7.11 Å². The van der Waals surface area contributed by atoms with E-state index < -0.39 is 0 Å². The van der Waals surface area contributed by atoms with Crippen LogP contribution < -0.4 is 20.3 Å². The molecule has 0 unspecified atom stereocenters. The molecule has 0 saturated carbocycles. The zero-order valence-corrected chi connectivity index (χ0v) is 16.1. The van der Waals surface area contributed by atoms with Crippen molar-refractivity contribution in [1.82, 2.24) is 5.32 Å². The zero-order valence-electron chi connectivity index (χ0n) is 15.3. The van der Waals surface area contributed by atoms with E-state index >= 15 is 0 Å². The lowest BCUT2D eigenvalue weighted by molar-refractivity contribution is 0.414. The minimum Gasteiger partial charge on any atom is -0.497 e. The van der Waals surface area contributed by atoms with E-state index in [1.165, 1.54) is 30.5 Å². The van der Waals surface area contributed by atoms with Crippen molar-refractivity contribution in [3.8, 4) is 5.75 Å². The molecule has 2 aromatic rings. The molecule has 0 bridgehead atoms. The van der Waals surface area contributed by atoms with Crippen molar-refractivity contribution < 1.29 is 4.74 Å². The average Bonchev–Trinajstić information content (AvgIpc) is 2.70. The van der Waals surface area contributed by atoms with Gasteiger partial charge in [0.2, 0.25) is 0 Å². The minimum absolute atomic E-state index is 0.657. The number of rotatable bonds is 6. The summed E-state index contributed by atoms with van der Waals surface area (Å²) in [5.74, 6) is 0.881. The topological polar surface area (TPSA) is 36.5 Å². The predicted molar refractivity (Wildman–Crippen MR) is 113 cm³/mol. The summed E-state index contributed by atoms with van der Waals surface area (Å²) in [6.45, 7) is 3.13. The minimum atomic E-state index is 0.657. The molecule has 0 radical (unpaired) electrons. The Hall–Kier alpha value is -2.27. The Labute approximate surface area is 161 Å². The summed E-state index contributed by atoms with van der Waals surface area (Å²) in [5, 5.41) is 7.18. The van der Waals surface area contributed by atoms with Gasteiger partial charge >= 0.3 is 0 Å². The largest absolute Gasteiger partial charge is 0.497 e. The second-order valence-electron chi connectivity index (χ2n) is 6.57. The maximum Gasteiger partial charge on any atom is 0.170 e. The molecule has 1 fully saturated rings. The van der Waals surface area contributed by atoms with Crippen LogP contribution in [0.1, 0.15) is 24.8 Å². The Morgan fingerprint density at radius 1 is 1.00 bits per heavy atom. The molecular weight excluding hydrogens is 342 g/mol. The maximum absolute atomic E-state index is 5.40. The number of piperidine rings is 1. The van der Waals surface area contributed by atoms with Gasteiger partial charge in [0.1, 0.15) is 5.75 Å². The monoisotopic (exact) mass is 369 g/mol. The number of methoxy groups -OCH3 is 1. The predicted octanol–water partition coefficient (Wildman–Crippen LogP) is 4.21. The van der Waals surface area contributed by atoms with Crippen LogP contribution in [0.2, 0.25) is 0 Å². The molecule has 1 heterocycles. The number of nitrogens with one attached hydrogen (secondary N) is 2. The van der Waals surface area contributed by atoms with Crippen LogP contribution in [0.3, 0.4) is 0 Å². The van der Waals surface area contributed by atoms with Gasteiger partial charge in [0.15, 0.2) is 5.11 Å². The Morgan fingerprint density at radius 3 is 2.35 bits per heavy atom. The molecular formula is C21H27N3OS. The summed E-state index contributed by atoms with van der Waals surface area (Å²) >= 11 is 5.40. The SMILES string of the molecule is COc1ccc(CCNC(=S)Nc2ccc(N3CCCCC3)cc2)cc1. The van der Waals surface area contributed by atoms with Gasteiger partial charge in [0.25, 0.3) is 0 Å². The summed E-state index contributed by atoms with van der Waals surface area (Å²) in [6, 6.07) is 16.7. The number of thiocarbonyl (C=S) groups is 1. The molecule has 5 heteroatoms. The van der Waals surface area contributed by atoms with Crippen LogP contribution in [-0.4, -0.2) is 31.9 Å². The van der Waals surface area contributed by atoms with E-state index in [0.29, 0.717) is 5.11 Å². The van der Waals surface area contributed by atoms with Gasteiger partial charge in [-0.1, -0.05) is 12.1 Å². The number of nitrogens with zero attached hydrogens (tertiary/aromatic N) is 1. The highest BCUT2D eigenvalue weighted by Crippen LogP contribution is 2.21. The number of ether oxygens (including phenoxy) is 1. The van der Waals surface area contributed by atoms with Crippen molar-refractivity contribution in [2.75, 3.05) is 37.0 Å². The van der Waals surface area contributed by atoms with Crippen LogP contribution in [-0.2, 0) is 6.42 Å². The lowest BCUT2D eigenvalue weighted by atomic mass is 10.1. The van der Waals surface area contributed by atoms with Crippen LogP contribution >= 0.6 is 12.2 Å². The van der Waals surface area contributed by atoms with Crippen molar-refractivity contribution in [2.24, 2.45) is 0 Å². The molecule has 0 amide bonds. The molecule has 1 saturated heterocycles. The summed E-state index contributed by atoms with van der Waals surface area (Å²) in [4.78, 5) is 2.46. The number of anilines is 2. The van der Waals surface area contributed by atoms with Gasteiger partial charge in [-0.05, 0) is 79.9 Å². The van der Waals surface area contributed by atoms with Crippen molar-refractivity contribution in [1.29, 1.82) is 0 Å². The highest BCUT2D eigenvalue weighted by Gasteiger charge is 2.10. The fourth-order valence-electron chi connectivity index (χ4n) is 3.20. The third kappa shape index (κ3) is 5.36. The summed E-state index contributed by atoms with van der Waals surface area (Å²) in [6.07, 6.45) is 4.86. The van der Waals surface area contributed by atoms with Crippen LogP contribution in [0.5, 0.6) is 5.75 Å². The van der Waals surface area contributed by atoms with Crippen molar-refractivity contribution >= 4 is 28.7 Å². The first-order chi connectivity index (χ1) is 12.7. The van der Waals surface area contributed by atoms with E-state index in [1.807, 2.05) is 12.1 Å². The first kappa shape index (κ1) is 18.5. The van der Waals surface area contributed by atoms with E-state index in [0.717, 1.165) is 37.5 Å². The highest BCUT2D eigenvalue weighted by atomic mass is 32.1. The number of hydrogen-bond donors (Lipinski definition) is 2. The molecule has 0 spiro atoms. The average molecular weight is 370 g/mol. The van der Waals surface area contributed by atoms with Gasteiger partial charge in [-0.2, -0.15) is 0 Å². The first-order valence-corrected chi connectivity index (χ1v) is 9.68. The molecule has 1 aliphatic rings. The third-order valence-corrected chi connectivity index (χ3v) is 4.95. The van der Waals surface area contributed by atoms with Crippen molar-refractivity contribution in [2.45, 2.75) is 25.7 Å². The Morgan fingerprint density at radius 2 is 1.69 bits per heavy atom. The number of hydrogen-bond acceptors (Lipinski definition) is 3. The molecule has 2 N–H and O–H groups in total. The first-order valence-electron chi connectivity index (χ1n) is 9.27. The zero-order chi connectivity index (χ0) is 18.2. The van der Waals surface area contributed by atoms with Gasteiger partial charge in [0, 0.05) is 31.0 Å². The van der Waals surface area contributed by atoms with E-state index in [4.69, 9.17) is 17.0 Å². The highest BCUT2D eigenvalue weighted by molar-refractivity contribution is 7.80. The molecule has 2 aromatic carbocycles. The maximum atomic E-state index is 5.40. The summed E-state index contributed by atoms with van der Waals surface area (Å²) in [5.41, 5.74) is 3.58. The normalized spacial score (nSPS) is 14.0. The van der Waals surface area contributed by atoms with Crippen LogP contribution in [0.25, 0.3) is 0 Å². The lowest BCUT2D eigenvalue weighted by Gasteiger charge is -2.28. The van der Waals surface area contributed by atoms with Gasteiger partial charge in [-0.15, -0.1) is 0 Å². The second kappa shape index (κ2) is 9.43. The van der Waals surface area contributed by atoms with Gasteiger partial charge in [0.05, 0.1) is 7.11 Å². The molecule has 3 rings (SSSR count). The molecule has 138 valence electrons. The van der Waals surface area contributed by atoms with Gasteiger partial charge in [-0.3, -0.25) is 0 Å². The summed E-state index contributed by atoms with van der Waals surface area (Å²) in [7, 11) is 1.68. The van der Waals surface area contributed by atoms with E-state index in [9.17, 15) is 0 Å². The molecule has 0 aromatic heterocycles. The second-order valence-corrected chi connectivity index (χ2v) is 6.98. The third-order valence-electron chi connectivity index (χ3n) is 4.70. The van der Waals surface area contributed by atoms with Crippen LogP contribution in [0, 0.1) is 0 Å². The Balaban J connectivity index is 1.42. The van der Waals surface area contributed by atoms with Crippen LogP contribution in [0.4, 0.5) is 11.4 Å². The van der Waals surface area contributed by atoms with Gasteiger partial charge < -0.3 is 20.3 Å². The van der Waals surface area contributed by atoms with Crippen molar-refractivity contribution in [3.63, 3.8) is 0 Å². The Bertz CT molecular complexity index is 694. The molecule has 26 heavy (non-hydrogen) atoms. The van der Waals surface area contributed by atoms with E-state index in [-0.39, 0.29) is 0 Å². The molecule has 1 aliphatic heterocycles. The van der Waals surface area contributed by atoms with Crippen molar-refractivity contribution in [3.05, 3.63) is 54.1 Å². The summed E-state index contributed by atoms with van der Waals surface area (Å²) < 4.78 is 5.18. The fourth-order valence-corrected chi connectivity index (χ4v) is 3.42. The molecule has 0 atom stereocenters. The fraction of sp³-hybridized carbons (Fsp3) is 0.381. The Kier molecular flexibility index (Phi) is 6.72. The van der Waals surface area contributed by atoms with E-state index in [2.05, 4.69) is 51.9 Å². The molecule has 0 aliphatic carbocycles. The van der Waals surface area contributed by atoms with Crippen LogP contribution in [0.15, 0.2) is 48.5 Å². The number of benzene rings is 2. The smallest absolute Gasteiger partial charge is 0.170 e. The van der Waals surface area contributed by atoms with Gasteiger partial charge in [-0.25, -0.2) is 0 Å². The quantitative estimate of drug-likeness (QED) is 0.746.